The summed E-state index contributed by atoms with van der Waals surface area (Å²) in [4.78, 5) is 31.3. The molecule has 5 aromatic rings. The first-order valence-corrected chi connectivity index (χ1v) is 11.8. The van der Waals surface area contributed by atoms with Gasteiger partial charge in [0, 0.05) is 54.6 Å². The predicted octanol–water partition coefficient (Wildman–Crippen LogP) is 4.06. The molecule has 2 aromatic carbocycles. The third-order valence-corrected chi connectivity index (χ3v) is 5.82. The predicted molar refractivity (Wildman–Crippen MR) is 143 cm³/mol. The zero-order chi connectivity index (χ0) is 25.8. The highest BCUT2D eigenvalue weighted by Crippen LogP contribution is 2.24. The molecule has 0 atom stereocenters. The number of fused-ring (bicyclic) bond motifs is 1. The van der Waals surface area contributed by atoms with Crippen molar-refractivity contribution >= 4 is 28.8 Å². The highest BCUT2D eigenvalue weighted by atomic mass is 16.4. The zero-order valence-electron chi connectivity index (χ0n) is 20.5. The van der Waals surface area contributed by atoms with Crippen LogP contribution in [0.15, 0.2) is 94.5 Å². The van der Waals surface area contributed by atoms with Gasteiger partial charge in [-0.15, -0.1) is 0 Å². The molecule has 0 aliphatic heterocycles. The lowest BCUT2D eigenvalue weighted by atomic mass is 10.1. The Bertz CT molecular complexity index is 1610. The van der Waals surface area contributed by atoms with Gasteiger partial charge in [-0.05, 0) is 62.6 Å². The van der Waals surface area contributed by atoms with Crippen LogP contribution in [0.1, 0.15) is 5.56 Å². The van der Waals surface area contributed by atoms with Gasteiger partial charge in [0.15, 0.2) is 5.58 Å². The molecule has 0 aliphatic rings. The van der Waals surface area contributed by atoms with Gasteiger partial charge < -0.3 is 14.6 Å². The lowest BCUT2D eigenvalue weighted by molar-refractivity contribution is -0.111. The van der Waals surface area contributed by atoms with E-state index in [0.29, 0.717) is 35.6 Å². The number of carbonyl (C=O) groups is 1. The van der Waals surface area contributed by atoms with Crippen LogP contribution >= 0.6 is 0 Å². The first kappa shape index (κ1) is 24.0. The molecule has 5 rings (SSSR count). The highest BCUT2D eigenvalue weighted by molar-refractivity contribution is 6.03. The Morgan fingerprint density at radius 3 is 2.70 bits per heavy atom. The first-order valence-electron chi connectivity index (χ1n) is 11.8. The smallest absolute Gasteiger partial charge is 0.408 e. The molecule has 0 radical (unpaired) electrons. The fourth-order valence-corrected chi connectivity index (χ4v) is 3.95. The molecule has 1 N–H and O–H groups in total. The van der Waals surface area contributed by atoms with Crippen LogP contribution in [0.5, 0.6) is 0 Å². The minimum absolute atomic E-state index is 0.311. The molecule has 9 heteroatoms. The molecule has 0 bridgehead atoms. The van der Waals surface area contributed by atoms with Gasteiger partial charge in [0.25, 0.3) is 0 Å². The van der Waals surface area contributed by atoms with E-state index < -0.39 is 5.76 Å². The molecule has 37 heavy (non-hydrogen) atoms. The summed E-state index contributed by atoms with van der Waals surface area (Å²) in [5.74, 6) is -0.729. The first-order chi connectivity index (χ1) is 18.0. The molecule has 0 saturated heterocycles. The van der Waals surface area contributed by atoms with Crippen LogP contribution < -0.4 is 11.1 Å². The van der Waals surface area contributed by atoms with Crippen molar-refractivity contribution in [2.45, 2.75) is 6.54 Å². The number of oxazole rings is 1. The van der Waals surface area contributed by atoms with Crippen molar-refractivity contribution in [3.05, 3.63) is 101 Å². The van der Waals surface area contributed by atoms with E-state index in [1.165, 1.54) is 6.08 Å². The van der Waals surface area contributed by atoms with Crippen molar-refractivity contribution in [3.63, 3.8) is 0 Å². The molecule has 186 valence electrons. The molecule has 0 spiro atoms. The van der Waals surface area contributed by atoms with Crippen LogP contribution in [-0.2, 0) is 11.3 Å². The van der Waals surface area contributed by atoms with Crippen molar-refractivity contribution in [3.8, 4) is 16.9 Å². The second-order valence-electron chi connectivity index (χ2n) is 8.78. The number of aromatic nitrogens is 4. The summed E-state index contributed by atoms with van der Waals surface area (Å²) < 4.78 is 8.68. The standard InChI is InChI=1S/C28H26N6O3/c1-32(2)15-16-33-24-17-22(11-12-25(24)37-28(33)36)30-26(35)13-10-21-19-34(23-8-4-3-5-9-23)31-27(21)20-7-6-14-29-18-20/h3-14,17-19H,15-16H2,1-2H3,(H,30,35)/b13-10+. The summed E-state index contributed by atoms with van der Waals surface area (Å²) in [6.07, 6.45) is 8.52. The number of hydrogen-bond donors (Lipinski definition) is 1. The zero-order valence-corrected chi connectivity index (χ0v) is 20.5. The van der Waals surface area contributed by atoms with E-state index in [1.807, 2.05) is 67.7 Å². The minimum atomic E-state index is -0.418. The van der Waals surface area contributed by atoms with Gasteiger partial charge in [0.1, 0.15) is 5.69 Å². The third-order valence-electron chi connectivity index (χ3n) is 5.82. The van der Waals surface area contributed by atoms with Gasteiger partial charge in [0.2, 0.25) is 5.91 Å². The average molecular weight is 495 g/mol. The van der Waals surface area contributed by atoms with E-state index >= 15 is 0 Å². The van der Waals surface area contributed by atoms with Crippen LogP contribution in [0, 0.1) is 0 Å². The molecule has 0 aliphatic carbocycles. The molecular weight excluding hydrogens is 468 g/mol. The summed E-state index contributed by atoms with van der Waals surface area (Å²) in [6, 6.07) is 18.7. The maximum atomic E-state index is 12.8. The van der Waals surface area contributed by atoms with E-state index in [2.05, 4.69) is 10.3 Å². The fraction of sp³-hybridized carbons (Fsp3) is 0.143. The van der Waals surface area contributed by atoms with Crippen LogP contribution in [0.4, 0.5) is 5.69 Å². The van der Waals surface area contributed by atoms with E-state index in [9.17, 15) is 9.59 Å². The second-order valence-corrected chi connectivity index (χ2v) is 8.78. The molecule has 3 aromatic heterocycles. The highest BCUT2D eigenvalue weighted by Gasteiger charge is 2.13. The van der Waals surface area contributed by atoms with Gasteiger partial charge in [-0.1, -0.05) is 18.2 Å². The van der Waals surface area contributed by atoms with Gasteiger partial charge in [-0.25, -0.2) is 9.48 Å². The number of nitrogens with zero attached hydrogens (tertiary/aromatic N) is 5. The molecular formula is C28H26N6O3. The summed E-state index contributed by atoms with van der Waals surface area (Å²) in [7, 11) is 3.88. The molecule has 3 heterocycles. The summed E-state index contributed by atoms with van der Waals surface area (Å²) in [5, 5.41) is 7.61. The van der Waals surface area contributed by atoms with Gasteiger partial charge in [-0.3, -0.25) is 14.3 Å². The number of hydrogen-bond acceptors (Lipinski definition) is 6. The normalized spacial score (nSPS) is 11.5. The number of anilines is 1. The van der Waals surface area contributed by atoms with Crippen molar-refractivity contribution in [2.75, 3.05) is 26.0 Å². The van der Waals surface area contributed by atoms with Gasteiger partial charge >= 0.3 is 5.76 Å². The Hall–Kier alpha value is -4.76. The maximum Gasteiger partial charge on any atom is 0.419 e. The SMILES string of the molecule is CN(C)CCn1c(=O)oc2ccc(NC(=O)/C=C/c3cn(-c4ccccc4)nc3-c3cccnc3)cc21. The molecule has 0 fully saturated rings. The Balaban J connectivity index is 1.40. The van der Waals surface area contributed by atoms with Crippen molar-refractivity contribution < 1.29 is 9.21 Å². The number of carbonyl (C=O) groups excluding carboxylic acids is 1. The number of benzene rings is 2. The third kappa shape index (κ3) is 5.41. The topological polar surface area (TPSA) is 98.2 Å². The van der Waals surface area contributed by atoms with Crippen LogP contribution in [-0.4, -0.2) is 50.8 Å². The number of nitrogens with one attached hydrogen (secondary N) is 1. The van der Waals surface area contributed by atoms with Crippen molar-refractivity contribution in [1.82, 2.24) is 24.2 Å². The van der Waals surface area contributed by atoms with E-state index in [-0.39, 0.29) is 5.91 Å². The lowest BCUT2D eigenvalue weighted by Crippen LogP contribution is -2.23. The number of likely N-dealkylation sites (N-methyl/N-ethyl adjacent to an activating group) is 1. The molecule has 0 unspecified atom stereocenters. The summed E-state index contributed by atoms with van der Waals surface area (Å²) in [5.41, 5.74) is 4.92. The summed E-state index contributed by atoms with van der Waals surface area (Å²) in [6.45, 7) is 1.17. The Morgan fingerprint density at radius 2 is 1.95 bits per heavy atom. The fourth-order valence-electron chi connectivity index (χ4n) is 3.95. The Morgan fingerprint density at radius 1 is 1.11 bits per heavy atom. The number of para-hydroxylation sites is 1. The molecule has 1 amide bonds. The Kier molecular flexibility index (Phi) is 6.78. The van der Waals surface area contributed by atoms with E-state index in [4.69, 9.17) is 9.52 Å². The van der Waals surface area contributed by atoms with Crippen molar-refractivity contribution in [1.29, 1.82) is 0 Å². The van der Waals surface area contributed by atoms with Gasteiger partial charge in [-0.2, -0.15) is 5.10 Å². The quantitative estimate of drug-likeness (QED) is 0.327. The maximum absolute atomic E-state index is 12.8. The largest absolute Gasteiger partial charge is 0.419 e. The molecule has 9 nitrogen and oxygen atoms in total. The lowest BCUT2D eigenvalue weighted by Gasteiger charge is -2.09. The average Bonchev–Trinajstić information content (AvgIpc) is 3.47. The van der Waals surface area contributed by atoms with Crippen LogP contribution in [0.2, 0.25) is 0 Å². The van der Waals surface area contributed by atoms with Crippen LogP contribution in [0.25, 0.3) is 34.1 Å². The second kappa shape index (κ2) is 10.5. The summed E-state index contributed by atoms with van der Waals surface area (Å²) >= 11 is 0. The van der Waals surface area contributed by atoms with Crippen molar-refractivity contribution in [2.24, 2.45) is 0 Å². The monoisotopic (exact) mass is 494 g/mol. The van der Waals surface area contributed by atoms with Gasteiger partial charge in [0.05, 0.1) is 11.2 Å². The number of amides is 1. The number of rotatable bonds is 8. The molecule has 0 saturated carbocycles. The minimum Gasteiger partial charge on any atom is -0.408 e. The number of pyridine rings is 1. The van der Waals surface area contributed by atoms with E-state index in [0.717, 1.165) is 16.8 Å². The van der Waals surface area contributed by atoms with E-state index in [1.54, 1.807) is 45.9 Å². The Labute approximate surface area is 213 Å². The van der Waals surface area contributed by atoms with Crippen LogP contribution in [0.3, 0.4) is 0 Å².